The zero-order valence-electron chi connectivity index (χ0n) is 12.1. The Morgan fingerprint density at radius 2 is 1.86 bits per heavy atom. The van der Waals surface area contributed by atoms with Crippen molar-refractivity contribution in [2.75, 3.05) is 13.2 Å². The van der Waals surface area contributed by atoms with Gasteiger partial charge in [-0.2, -0.15) is 0 Å². The molecule has 0 aliphatic carbocycles. The molecule has 0 spiro atoms. The minimum atomic E-state index is 0.413. The molecule has 2 N–H and O–H groups in total. The minimum absolute atomic E-state index is 0.413. The minimum Gasteiger partial charge on any atom is -0.490 e. The van der Waals surface area contributed by atoms with Gasteiger partial charge >= 0.3 is 0 Å². The van der Waals surface area contributed by atoms with Crippen molar-refractivity contribution in [2.45, 2.75) is 20.0 Å². The molecular formula is C17H20ClNO2. The number of hydrogen-bond donors (Lipinski definition) is 1. The van der Waals surface area contributed by atoms with Crippen LogP contribution < -0.4 is 15.2 Å². The molecule has 0 aliphatic heterocycles. The summed E-state index contributed by atoms with van der Waals surface area (Å²) in [7, 11) is 0. The molecule has 2 rings (SSSR count). The summed E-state index contributed by atoms with van der Waals surface area (Å²) in [6, 6.07) is 13.6. The largest absolute Gasteiger partial charge is 0.490 e. The van der Waals surface area contributed by atoms with Crippen LogP contribution in [0.5, 0.6) is 11.5 Å². The van der Waals surface area contributed by atoms with E-state index in [9.17, 15) is 0 Å². The Labute approximate surface area is 130 Å². The quantitative estimate of drug-likeness (QED) is 0.846. The SMILES string of the molecule is CCOc1cc(CCN)ccc1OCc1ccccc1Cl. The van der Waals surface area contributed by atoms with Gasteiger partial charge < -0.3 is 15.2 Å². The smallest absolute Gasteiger partial charge is 0.161 e. The lowest BCUT2D eigenvalue weighted by Crippen LogP contribution is -2.04. The molecule has 0 radical (unpaired) electrons. The summed E-state index contributed by atoms with van der Waals surface area (Å²) < 4.78 is 11.5. The fourth-order valence-electron chi connectivity index (χ4n) is 2.03. The third kappa shape index (κ3) is 4.38. The summed E-state index contributed by atoms with van der Waals surface area (Å²) in [5.74, 6) is 1.47. The molecule has 2 aromatic carbocycles. The van der Waals surface area contributed by atoms with Crippen molar-refractivity contribution >= 4 is 11.6 Å². The Balaban J connectivity index is 2.13. The Hall–Kier alpha value is -1.71. The predicted molar refractivity (Wildman–Crippen MR) is 86.2 cm³/mol. The third-order valence-corrected chi connectivity index (χ3v) is 3.45. The standard InChI is InChI=1S/C17H20ClNO2/c1-2-20-17-11-13(9-10-19)7-8-16(17)21-12-14-5-3-4-6-15(14)18/h3-8,11H,2,9-10,12,19H2,1H3. The number of halogens is 1. The highest BCUT2D eigenvalue weighted by molar-refractivity contribution is 6.31. The van der Waals surface area contributed by atoms with Gasteiger partial charge in [0.2, 0.25) is 0 Å². The van der Waals surface area contributed by atoms with Crippen molar-refractivity contribution in [3.05, 3.63) is 58.6 Å². The predicted octanol–water partition coefficient (Wildman–Crippen LogP) is 3.82. The van der Waals surface area contributed by atoms with Crippen molar-refractivity contribution in [3.8, 4) is 11.5 Å². The maximum atomic E-state index is 6.13. The van der Waals surface area contributed by atoms with E-state index in [1.165, 1.54) is 0 Å². The van der Waals surface area contributed by atoms with E-state index >= 15 is 0 Å². The van der Waals surface area contributed by atoms with E-state index in [-0.39, 0.29) is 0 Å². The van der Waals surface area contributed by atoms with E-state index in [0.717, 1.165) is 29.0 Å². The first-order valence-corrected chi connectivity index (χ1v) is 7.44. The van der Waals surface area contributed by atoms with Crippen LogP contribution in [0.15, 0.2) is 42.5 Å². The van der Waals surface area contributed by atoms with E-state index in [4.69, 9.17) is 26.8 Å². The average molecular weight is 306 g/mol. The average Bonchev–Trinajstić information content (AvgIpc) is 2.49. The Morgan fingerprint density at radius 1 is 1.05 bits per heavy atom. The van der Waals surface area contributed by atoms with Crippen LogP contribution in [0.2, 0.25) is 5.02 Å². The summed E-state index contributed by atoms with van der Waals surface area (Å²) in [6.07, 6.45) is 0.824. The van der Waals surface area contributed by atoms with Crippen LogP contribution in [0.25, 0.3) is 0 Å². The van der Waals surface area contributed by atoms with Gasteiger partial charge in [0.15, 0.2) is 11.5 Å². The Morgan fingerprint density at radius 3 is 2.57 bits per heavy atom. The van der Waals surface area contributed by atoms with Gasteiger partial charge in [-0.3, -0.25) is 0 Å². The number of ether oxygens (including phenoxy) is 2. The van der Waals surface area contributed by atoms with E-state index in [1.807, 2.05) is 49.4 Å². The first-order valence-electron chi connectivity index (χ1n) is 7.06. The van der Waals surface area contributed by atoms with Gasteiger partial charge in [0, 0.05) is 10.6 Å². The molecule has 0 unspecified atom stereocenters. The van der Waals surface area contributed by atoms with Gasteiger partial charge in [-0.15, -0.1) is 0 Å². The first kappa shape index (κ1) is 15.7. The maximum absolute atomic E-state index is 6.13. The van der Waals surface area contributed by atoms with E-state index in [0.29, 0.717) is 24.8 Å². The highest BCUT2D eigenvalue weighted by Crippen LogP contribution is 2.30. The van der Waals surface area contributed by atoms with E-state index in [2.05, 4.69) is 0 Å². The molecular weight excluding hydrogens is 286 g/mol. The topological polar surface area (TPSA) is 44.5 Å². The number of benzene rings is 2. The molecule has 2 aromatic rings. The Kier molecular flexibility index (Phi) is 5.90. The molecule has 0 saturated carbocycles. The van der Waals surface area contributed by atoms with Crippen molar-refractivity contribution < 1.29 is 9.47 Å². The molecule has 0 atom stereocenters. The summed E-state index contributed by atoms with van der Waals surface area (Å²) in [5.41, 5.74) is 7.68. The number of rotatable bonds is 7. The second-order valence-electron chi connectivity index (χ2n) is 4.63. The van der Waals surface area contributed by atoms with Crippen LogP contribution in [-0.2, 0) is 13.0 Å². The van der Waals surface area contributed by atoms with Gasteiger partial charge in [0.25, 0.3) is 0 Å². The molecule has 0 fully saturated rings. The fourth-order valence-corrected chi connectivity index (χ4v) is 2.22. The molecule has 112 valence electrons. The zero-order valence-corrected chi connectivity index (χ0v) is 12.9. The van der Waals surface area contributed by atoms with Crippen LogP contribution in [-0.4, -0.2) is 13.2 Å². The van der Waals surface area contributed by atoms with Crippen molar-refractivity contribution in [1.29, 1.82) is 0 Å². The maximum Gasteiger partial charge on any atom is 0.161 e. The molecule has 21 heavy (non-hydrogen) atoms. The lowest BCUT2D eigenvalue weighted by Gasteiger charge is -2.14. The lowest BCUT2D eigenvalue weighted by atomic mass is 10.1. The van der Waals surface area contributed by atoms with Gasteiger partial charge in [0.1, 0.15) is 6.61 Å². The summed E-state index contributed by atoms with van der Waals surface area (Å²) >= 11 is 6.13. The molecule has 3 nitrogen and oxygen atoms in total. The summed E-state index contributed by atoms with van der Waals surface area (Å²) in [6.45, 7) is 3.57. The van der Waals surface area contributed by atoms with Gasteiger partial charge in [-0.1, -0.05) is 35.9 Å². The lowest BCUT2D eigenvalue weighted by molar-refractivity contribution is 0.269. The van der Waals surface area contributed by atoms with Crippen LogP contribution >= 0.6 is 11.6 Å². The second kappa shape index (κ2) is 7.91. The highest BCUT2D eigenvalue weighted by Gasteiger charge is 2.08. The molecule has 0 saturated heterocycles. The van der Waals surface area contributed by atoms with E-state index in [1.54, 1.807) is 0 Å². The van der Waals surface area contributed by atoms with Gasteiger partial charge in [-0.05, 0) is 43.7 Å². The normalized spacial score (nSPS) is 10.4. The first-order chi connectivity index (χ1) is 10.2. The molecule has 0 aromatic heterocycles. The fraction of sp³-hybridized carbons (Fsp3) is 0.294. The second-order valence-corrected chi connectivity index (χ2v) is 5.04. The van der Waals surface area contributed by atoms with Crippen molar-refractivity contribution in [1.82, 2.24) is 0 Å². The molecule has 0 aliphatic rings. The van der Waals surface area contributed by atoms with Crippen LogP contribution in [0.3, 0.4) is 0 Å². The van der Waals surface area contributed by atoms with Crippen LogP contribution in [0.1, 0.15) is 18.1 Å². The number of hydrogen-bond acceptors (Lipinski definition) is 3. The van der Waals surface area contributed by atoms with Gasteiger partial charge in [-0.25, -0.2) is 0 Å². The summed E-state index contributed by atoms with van der Waals surface area (Å²) in [5, 5.41) is 0.704. The van der Waals surface area contributed by atoms with E-state index < -0.39 is 0 Å². The van der Waals surface area contributed by atoms with Crippen molar-refractivity contribution in [2.24, 2.45) is 5.73 Å². The van der Waals surface area contributed by atoms with Crippen LogP contribution in [0.4, 0.5) is 0 Å². The molecule has 0 heterocycles. The summed E-state index contributed by atoms with van der Waals surface area (Å²) in [4.78, 5) is 0. The molecule has 4 heteroatoms. The number of nitrogens with two attached hydrogens (primary N) is 1. The van der Waals surface area contributed by atoms with Gasteiger partial charge in [0.05, 0.1) is 6.61 Å². The third-order valence-electron chi connectivity index (χ3n) is 3.08. The monoisotopic (exact) mass is 305 g/mol. The zero-order chi connectivity index (χ0) is 15.1. The molecule has 0 bridgehead atoms. The molecule has 0 amide bonds. The van der Waals surface area contributed by atoms with Crippen LogP contribution in [0, 0.1) is 0 Å². The highest BCUT2D eigenvalue weighted by atomic mass is 35.5. The van der Waals surface area contributed by atoms with Crippen molar-refractivity contribution in [3.63, 3.8) is 0 Å². The Bertz CT molecular complexity index is 587.